The summed E-state index contributed by atoms with van der Waals surface area (Å²) in [6.45, 7) is 1.77. The van der Waals surface area contributed by atoms with Crippen LogP contribution >= 0.6 is 11.6 Å². The third kappa shape index (κ3) is 3.49. The van der Waals surface area contributed by atoms with Crippen LogP contribution in [0, 0.1) is 10.1 Å². The van der Waals surface area contributed by atoms with Crippen LogP contribution in [0.25, 0.3) is 5.70 Å². The normalized spacial score (nSPS) is 16.3. The number of carbonyl (C=O) groups excluding carboxylic acids is 1. The molecule has 2 aromatic carbocycles. The standard InChI is InChI=1S/C18H16ClN3O3/c1-2-18(23)21-17(13-4-3-5-15(10-13)22(24)25)11-16(20-21)12-6-8-14(19)9-7-12/h3-11,17,20H,2H2,1H3/t17-/m0/s1. The van der Waals surface area contributed by atoms with Crippen molar-refractivity contribution in [1.29, 1.82) is 0 Å². The molecule has 128 valence electrons. The summed E-state index contributed by atoms with van der Waals surface area (Å²) in [6, 6.07) is 13.1. The molecule has 0 radical (unpaired) electrons. The summed E-state index contributed by atoms with van der Waals surface area (Å²) in [7, 11) is 0. The van der Waals surface area contributed by atoms with E-state index in [1.807, 2.05) is 18.2 Å². The first-order valence-corrected chi connectivity index (χ1v) is 8.18. The molecule has 2 aromatic rings. The number of hydrogen-bond donors (Lipinski definition) is 1. The average molecular weight is 358 g/mol. The summed E-state index contributed by atoms with van der Waals surface area (Å²) < 4.78 is 0. The highest BCUT2D eigenvalue weighted by molar-refractivity contribution is 6.30. The maximum Gasteiger partial charge on any atom is 0.269 e. The maximum atomic E-state index is 12.3. The number of non-ortho nitro benzene ring substituents is 1. The van der Waals surface area contributed by atoms with E-state index in [1.54, 1.807) is 31.2 Å². The molecule has 25 heavy (non-hydrogen) atoms. The largest absolute Gasteiger partial charge is 0.295 e. The molecule has 1 aliphatic rings. The van der Waals surface area contributed by atoms with E-state index >= 15 is 0 Å². The first-order valence-electron chi connectivity index (χ1n) is 7.80. The first-order chi connectivity index (χ1) is 12.0. The monoisotopic (exact) mass is 357 g/mol. The topological polar surface area (TPSA) is 75.5 Å². The Morgan fingerprint density at radius 1 is 1.28 bits per heavy atom. The predicted molar refractivity (Wildman–Crippen MR) is 95.5 cm³/mol. The third-order valence-electron chi connectivity index (χ3n) is 3.99. The molecule has 0 aromatic heterocycles. The lowest BCUT2D eigenvalue weighted by Crippen LogP contribution is -2.39. The van der Waals surface area contributed by atoms with Gasteiger partial charge in [0.15, 0.2) is 0 Å². The molecular weight excluding hydrogens is 342 g/mol. The second-order valence-electron chi connectivity index (χ2n) is 5.61. The number of nitrogens with one attached hydrogen (secondary N) is 1. The number of nitrogens with zero attached hydrogens (tertiary/aromatic N) is 2. The molecule has 1 amide bonds. The second-order valence-corrected chi connectivity index (χ2v) is 6.05. The fraction of sp³-hybridized carbons (Fsp3) is 0.167. The zero-order valence-corrected chi connectivity index (χ0v) is 14.2. The van der Waals surface area contributed by atoms with Gasteiger partial charge in [-0.05, 0) is 29.3 Å². The minimum absolute atomic E-state index is 0.00487. The van der Waals surface area contributed by atoms with Crippen LogP contribution in [-0.2, 0) is 4.79 Å². The van der Waals surface area contributed by atoms with Crippen molar-refractivity contribution in [1.82, 2.24) is 10.4 Å². The van der Waals surface area contributed by atoms with Crippen LogP contribution in [0.4, 0.5) is 5.69 Å². The summed E-state index contributed by atoms with van der Waals surface area (Å²) in [5.74, 6) is -0.100. The van der Waals surface area contributed by atoms with Crippen LogP contribution in [-0.4, -0.2) is 15.8 Å². The maximum absolute atomic E-state index is 12.3. The Bertz CT molecular complexity index is 849. The molecule has 0 saturated heterocycles. The van der Waals surface area contributed by atoms with Crippen molar-refractivity contribution < 1.29 is 9.72 Å². The lowest BCUT2D eigenvalue weighted by atomic mass is 10.0. The Hall–Kier alpha value is -2.86. The van der Waals surface area contributed by atoms with Gasteiger partial charge in [0.2, 0.25) is 5.91 Å². The van der Waals surface area contributed by atoms with Crippen LogP contribution in [0.3, 0.4) is 0 Å². The number of nitro benzene ring substituents is 1. The fourth-order valence-electron chi connectivity index (χ4n) is 2.71. The molecule has 0 unspecified atom stereocenters. The number of halogens is 1. The molecule has 0 aliphatic carbocycles. The Balaban J connectivity index is 2.00. The number of hydrazine groups is 1. The molecule has 1 aliphatic heterocycles. The summed E-state index contributed by atoms with van der Waals surface area (Å²) >= 11 is 5.92. The molecule has 1 N–H and O–H groups in total. The van der Waals surface area contributed by atoms with Gasteiger partial charge < -0.3 is 0 Å². The number of amides is 1. The second kappa shape index (κ2) is 6.94. The number of rotatable bonds is 4. The van der Waals surface area contributed by atoms with E-state index in [2.05, 4.69) is 5.43 Å². The molecule has 0 fully saturated rings. The highest BCUT2D eigenvalue weighted by atomic mass is 35.5. The van der Waals surface area contributed by atoms with Crippen LogP contribution in [0.15, 0.2) is 54.6 Å². The van der Waals surface area contributed by atoms with Gasteiger partial charge in [0.05, 0.1) is 16.7 Å². The van der Waals surface area contributed by atoms with Gasteiger partial charge in [0, 0.05) is 23.6 Å². The van der Waals surface area contributed by atoms with Crippen molar-refractivity contribution in [2.45, 2.75) is 19.4 Å². The quantitative estimate of drug-likeness (QED) is 0.660. The van der Waals surface area contributed by atoms with Crippen molar-refractivity contribution in [3.63, 3.8) is 0 Å². The lowest BCUT2D eigenvalue weighted by Gasteiger charge is -2.25. The molecular formula is C18H16ClN3O3. The van der Waals surface area contributed by atoms with E-state index in [0.29, 0.717) is 17.0 Å². The number of benzene rings is 2. The van der Waals surface area contributed by atoms with Crippen molar-refractivity contribution in [3.05, 3.63) is 80.9 Å². The average Bonchev–Trinajstić information content (AvgIpc) is 3.07. The van der Waals surface area contributed by atoms with Crippen LogP contribution in [0.2, 0.25) is 5.02 Å². The van der Waals surface area contributed by atoms with Crippen LogP contribution in [0.5, 0.6) is 0 Å². The van der Waals surface area contributed by atoms with E-state index < -0.39 is 11.0 Å². The molecule has 6 nitrogen and oxygen atoms in total. The van der Waals surface area contributed by atoms with Crippen LogP contribution in [0.1, 0.15) is 30.5 Å². The molecule has 0 saturated carbocycles. The SMILES string of the molecule is CCC(=O)N1NC(c2ccc(Cl)cc2)=C[C@H]1c1cccc([N+](=O)[O-])c1. The van der Waals surface area contributed by atoms with Gasteiger partial charge in [-0.3, -0.25) is 20.3 Å². The third-order valence-corrected chi connectivity index (χ3v) is 4.24. The number of hydrogen-bond acceptors (Lipinski definition) is 4. The van der Waals surface area contributed by atoms with Gasteiger partial charge in [-0.2, -0.15) is 0 Å². The van der Waals surface area contributed by atoms with Gasteiger partial charge in [0.25, 0.3) is 5.69 Å². The summed E-state index contributed by atoms with van der Waals surface area (Å²) in [5.41, 5.74) is 5.42. The van der Waals surface area contributed by atoms with Crippen molar-refractivity contribution in [2.75, 3.05) is 0 Å². The van der Waals surface area contributed by atoms with E-state index in [1.165, 1.54) is 17.1 Å². The van der Waals surface area contributed by atoms with Gasteiger partial charge in [-0.15, -0.1) is 0 Å². The van der Waals surface area contributed by atoms with Gasteiger partial charge in [-0.25, -0.2) is 5.01 Å². The summed E-state index contributed by atoms with van der Waals surface area (Å²) in [5, 5.41) is 13.2. The first kappa shape index (κ1) is 17.0. The number of carbonyl (C=O) groups is 1. The molecule has 3 rings (SSSR count). The van der Waals surface area contributed by atoms with Crippen molar-refractivity contribution >= 4 is 28.9 Å². The van der Waals surface area contributed by atoms with Gasteiger partial charge in [0.1, 0.15) is 0 Å². The smallest absolute Gasteiger partial charge is 0.269 e. The molecule has 1 heterocycles. The highest BCUT2D eigenvalue weighted by Gasteiger charge is 2.30. The Kier molecular flexibility index (Phi) is 4.72. The molecule has 7 heteroatoms. The highest BCUT2D eigenvalue weighted by Crippen LogP contribution is 2.33. The Morgan fingerprint density at radius 2 is 2.00 bits per heavy atom. The minimum atomic E-state index is -0.443. The summed E-state index contributed by atoms with van der Waals surface area (Å²) in [4.78, 5) is 22.9. The van der Waals surface area contributed by atoms with Crippen molar-refractivity contribution in [3.8, 4) is 0 Å². The zero-order chi connectivity index (χ0) is 18.0. The summed E-state index contributed by atoms with van der Waals surface area (Å²) in [6.07, 6.45) is 2.20. The lowest BCUT2D eigenvalue weighted by molar-refractivity contribution is -0.384. The molecule has 1 atom stereocenters. The van der Waals surface area contributed by atoms with Crippen molar-refractivity contribution in [2.24, 2.45) is 0 Å². The fourth-order valence-corrected chi connectivity index (χ4v) is 2.84. The minimum Gasteiger partial charge on any atom is -0.295 e. The Labute approximate surface area is 149 Å². The van der Waals surface area contributed by atoms with E-state index in [-0.39, 0.29) is 11.6 Å². The zero-order valence-electron chi connectivity index (χ0n) is 13.5. The van der Waals surface area contributed by atoms with Gasteiger partial charge in [-0.1, -0.05) is 42.8 Å². The molecule has 0 spiro atoms. The number of nitro groups is 1. The molecule has 0 bridgehead atoms. The van der Waals surface area contributed by atoms with E-state index in [9.17, 15) is 14.9 Å². The predicted octanol–water partition coefficient (Wildman–Crippen LogP) is 4.09. The van der Waals surface area contributed by atoms with Crippen LogP contribution < -0.4 is 5.43 Å². The van der Waals surface area contributed by atoms with Gasteiger partial charge >= 0.3 is 0 Å². The Morgan fingerprint density at radius 3 is 2.64 bits per heavy atom. The van der Waals surface area contributed by atoms with E-state index in [4.69, 9.17) is 11.6 Å². The van der Waals surface area contributed by atoms with E-state index in [0.717, 1.165) is 11.3 Å².